The normalized spacial score (nSPS) is 10.7. The zero-order valence-corrected chi connectivity index (χ0v) is 15.3. The van der Waals surface area contributed by atoms with Crippen LogP contribution in [0.4, 0.5) is 10.1 Å². The molecule has 2 aromatic rings. The topological polar surface area (TPSA) is 74.3 Å². The Morgan fingerprint density at radius 2 is 1.96 bits per heavy atom. The molecule has 0 saturated carbocycles. The highest BCUT2D eigenvalue weighted by Gasteiger charge is 2.13. The Bertz CT molecular complexity index is 799. The van der Waals surface area contributed by atoms with E-state index in [1.807, 2.05) is 19.0 Å². The fraction of sp³-hybridized carbons (Fsp3) is 0.278. The minimum absolute atomic E-state index is 0.0754. The van der Waals surface area contributed by atoms with Gasteiger partial charge in [0.15, 0.2) is 0 Å². The van der Waals surface area contributed by atoms with E-state index in [2.05, 4.69) is 15.6 Å². The number of carbonyl (C=O) groups is 2. The van der Waals surface area contributed by atoms with E-state index in [1.54, 1.807) is 0 Å². The van der Waals surface area contributed by atoms with Gasteiger partial charge in [-0.15, -0.1) is 0 Å². The van der Waals surface area contributed by atoms with Crippen LogP contribution >= 0.6 is 11.6 Å². The lowest BCUT2D eigenvalue weighted by atomic mass is 10.2. The van der Waals surface area contributed by atoms with Crippen molar-refractivity contribution in [1.82, 2.24) is 15.2 Å². The van der Waals surface area contributed by atoms with Crippen LogP contribution in [0.1, 0.15) is 27.3 Å². The fourth-order valence-electron chi connectivity index (χ4n) is 2.16. The number of benzene rings is 1. The standard InChI is InChI=1S/C18H20ClFN4O2/c1-24(2)9-3-7-22-17(25)12-6-8-21-16(10-12)18(26)23-13-4-5-15(20)14(19)11-13/h4-6,8,10-11H,3,7,9H2,1-2H3,(H,22,25)(H,23,26). The van der Waals surface area contributed by atoms with Crippen molar-refractivity contribution < 1.29 is 14.0 Å². The van der Waals surface area contributed by atoms with Crippen LogP contribution in [0, 0.1) is 5.82 Å². The first kappa shape index (κ1) is 19.8. The predicted octanol–water partition coefficient (Wildman–Crippen LogP) is 2.81. The first-order valence-corrected chi connectivity index (χ1v) is 8.40. The van der Waals surface area contributed by atoms with Gasteiger partial charge in [0.25, 0.3) is 11.8 Å². The molecule has 0 unspecified atom stereocenters. The van der Waals surface area contributed by atoms with Gasteiger partial charge in [-0.05, 0) is 57.4 Å². The molecule has 6 nitrogen and oxygen atoms in total. The van der Waals surface area contributed by atoms with Gasteiger partial charge in [-0.3, -0.25) is 14.6 Å². The molecule has 1 heterocycles. The van der Waals surface area contributed by atoms with Gasteiger partial charge in [0, 0.05) is 24.0 Å². The maximum atomic E-state index is 13.2. The lowest BCUT2D eigenvalue weighted by molar-refractivity contribution is 0.0952. The third-order valence-corrected chi connectivity index (χ3v) is 3.79. The molecule has 2 rings (SSSR count). The smallest absolute Gasteiger partial charge is 0.274 e. The molecule has 138 valence electrons. The number of halogens is 2. The number of nitrogens with zero attached hydrogens (tertiary/aromatic N) is 2. The Hall–Kier alpha value is -2.51. The predicted molar refractivity (Wildman–Crippen MR) is 99.1 cm³/mol. The fourth-order valence-corrected chi connectivity index (χ4v) is 2.34. The molecule has 0 bridgehead atoms. The van der Waals surface area contributed by atoms with E-state index in [0.29, 0.717) is 17.8 Å². The van der Waals surface area contributed by atoms with E-state index >= 15 is 0 Å². The van der Waals surface area contributed by atoms with E-state index in [-0.39, 0.29) is 16.6 Å². The molecule has 0 aliphatic heterocycles. The molecule has 2 N–H and O–H groups in total. The van der Waals surface area contributed by atoms with Crippen molar-refractivity contribution in [3.05, 3.63) is 58.6 Å². The Labute approximate surface area is 156 Å². The summed E-state index contributed by atoms with van der Waals surface area (Å²) in [6.07, 6.45) is 2.21. The van der Waals surface area contributed by atoms with Gasteiger partial charge in [0.2, 0.25) is 0 Å². The molecule has 0 atom stereocenters. The van der Waals surface area contributed by atoms with Crippen LogP contribution in [0.5, 0.6) is 0 Å². The van der Waals surface area contributed by atoms with Crippen molar-refractivity contribution in [3.8, 4) is 0 Å². The molecular weight excluding hydrogens is 359 g/mol. The lowest BCUT2D eigenvalue weighted by Crippen LogP contribution is -2.27. The number of carbonyl (C=O) groups excluding carboxylic acids is 2. The van der Waals surface area contributed by atoms with Gasteiger partial charge >= 0.3 is 0 Å². The first-order valence-electron chi connectivity index (χ1n) is 8.02. The maximum Gasteiger partial charge on any atom is 0.274 e. The summed E-state index contributed by atoms with van der Waals surface area (Å²) in [5.41, 5.74) is 0.750. The summed E-state index contributed by atoms with van der Waals surface area (Å²) < 4.78 is 13.2. The largest absolute Gasteiger partial charge is 0.352 e. The van der Waals surface area contributed by atoms with Crippen molar-refractivity contribution in [3.63, 3.8) is 0 Å². The molecule has 8 heteroatoms. The van der Waals surface area contributed by atoms with Crippen molar-refractivity contribution in [2.24, 2.45) is 0 Å². The average molecular weight is 379 g/mol. The number of rotatable bonds is 7. The number of amides is 2. The molecular formula is C18H20ClFN4O2. The molecule has 26 heavy (non-hydrogen) atoms. The highest BCUT2D eigenvalue weighted by Crippen LogP contribution is 2.19. The van der Waals surface area contributed by atoms with Gasteiger partial charge in [-0.1, -0.05) is 11.6 Å². The van der Waals surface area contributed by atoms with E-state index < -0.39 is 11.7 Å². The van der Waals surface area contributed by atoms with E-state index in [9.17, 15) is 14.0 Å². The van der Waals surface area contributed by atoms with Gasteiger partial charge in [-0.25, -0.2) is 4.39 Å². The number of hydrogen-bond donors (Lipinski definition) is 2. The molecule has 0 spiro atoms. The summed E-state index contributed by atoms with van der Waals surface area (Å²) in [5.74, 6) is -1.37. The molecule has 0 aliphatic carbocycles. The van der Waals surface area contributed by atoms with Crippen molar-refractivity contribution in [2.75, 3.05) is 32.5 Å². The van der Waals surface area contributed by atoms with Crippen LogP contribution in [0.15, 0.2) is 36.5 Å². The summed E-state index contributed by atoms with van der Waals surface area (Å²) >= 11 is 5.69. The van der Waals surface area contributed by atoms with Crippen LogP contribution in [-0.4, -0.2) is 48.9 Å². The highest BCUT2D eigenvalue weighted by molar-refractivity contribution is 6.31. The monoisotopic (exact) mass is 378 g/mol. The molecule has 0 saturated heterocycles. The zero-order valence-electron chi connectivity index (χ0n) is 14.6. The van der Waals surface area contributed by atoms with Gasteiger partial charge in [0.1, 0.15) is 11.5 Å². The van der Waals surface area contributed by atoms with Crippen LogP contribution < -0.4 is 10.6 Å². The van der Waals surface area contributed by atoms with E-state index in [1.165, 1.54) is 30.5 Å². The van der Waals surface area contributed by atoms with Crippen LogP contribution in [0.3, 0.4) is 0 Å². The minimum atomic E-state index is -0.573. The summed E-state index contributed by atoms with van der Waals surface area (Å²) in [7, 11) is 3.92. The summed E-state index contributed by atoms with van der Waals surface area (Å²) in [6, 6.07) is 6.79. The Morgan fingerprint density at radius 3 is 2.65 bits per heavy atom. The average Bonchev–Trinajstić information content (AvgIpc) is 2.61. The Kier molecular flexibility index (Phi) is 7.06. The Balaban J connectivity index is 1.99. The highest BCUT2D eigenvalue weighted by atomic mass is 35.5. The lowest BCUT2D eigenvalue weighted by Gasteiger charge is -2.10. The zero-order chi connectivity index (χ0) is 19.1. The summed E-state index contributed by atoms with van der Waals surface area (Å²) in [4.78, 5) is 30.4. The number of nitrogens with one attached hydrogen (secondary N) is 2. The van der Waals surface area contributed by atoms with Crippen molar-refractivity contribution >= 4 is 29.1 Å². The second kappa shape index (κ2) is 9.26. The number of hydrogen-bond acceptors (Lipinski definition) is 4. The SMILES string of the molecule is CN(C)CCCNC(=O)c1ccnc(C(=O)Nc2ccc(F)c(Cl)c2)c1. The number of anilines is 1. The third kappa shape index (κ3) is 5.79. The van der Waals surface area contributed by atoms with Gasteiger partial charge in [0.05, 0.1) is 5.02 Å². The second-order valence-corrected chi connectivity index (χ2v) is 6.33. The molecule has 1 aromatic carbocycles. The summed E-state index contributed by atoms with van der Waals surface area (Å²) in [6.45, 7) is 1.40. The van der Waals surface area contributed by atoms with E-state index in [4.69, 9.17) is 11.6 Å². The van der Waals surface area contributed by atoms with Crippen LogP contribution in [0.25, 0.3) is 0 Å². The van der Waals surface area contributed by atoms with Crippen LogP contribution in [0.2, 0.25) is 5.02 Å². The first-order chi connectivity index (χ1) is 12.4. The van der Waals surface area contributed by atoms with Crippen molar-refractivity contribution in [2.45, 2.75) is 6.42 Å². The van der Waals surface area contributed by atoms with E-state index in [0.717, 1.165) is 19.0 Å². The molecule has 0 radical (unpaired) electrons. The second-order valence-electron chi connectivity index (χ2n) is 5.93. The third-order valence-electron chi connectivity index (χ3n) is 3.50. The quantitative estimate of drug-likeness (QED) is 0.726. The van der Waals surface area contributed by atoms with Gasteiger partial charge < -0.3 is 15.5 Å². The number of pyridine rings is 1. The molecule has 1 aromatic heterocycles. The molecule has 0 aliphatic rings. The maximum absolute atomic E-state index is 13.2. The molecule has 2 amide bonds. The van der Waals surface area contributed by atoms with Gasteiger partial charge in [-0.2, -0.15) is 0 Å². The van der Waals surface area contributed by atoms with Crippen LogP contribution in [-0.2, 0) is 0 Å². The summed E-state index contributed by atoms with van der Waals surface area (Å²) in [5, 5.41) is 5.27. The molecule has 0 fully saturated rings. The minimum Gasteiger partial charge on any atom is -0.352 e. The van der Waals surface area contributed by atoms with Crippen molar-refractivity contribution in [1.29, 1.82) is 0 Å². The Morgan fingerprint density at radius 1 is 1.19 bits per heavy atom. The number of aromatic nitrogens is 1.